The highest BCUT2D eigenvalue weighted by molar-refractivity contribution is 7.90. The van der Waals surface area contributed by atoms with Crippen LogP contribution in [0.2, 0.25) is 0 Å². The summed E-state index contributed by atoms with van der Waals surface area (Å²) < 4.78 is 24.2. The monoisotopic (exact) mass is 312 g/mol. The molecular formula is C13H20N4O3S. The Bertz CT molecular complexity index is 647. The largest absolute Gasteiger partial charge is 0.327 e. The van der Waals surface area contributed by atoms with Gasteiger partial charge in [0.1, 0.15) is 0 Å². The van der Waals surface area contributed by atoms with Crippen molar-refractivity contribution in [3.63, 3.8) is 0 Å². The lowest BCUT2D eigenvalue weighted by molar-refractivity contribution is -0.125. The predicted octanol–water partition coefficient (Wildman–Crippen LogP) is 0.758. The van der Waals surface area contributed by atoms with Gasteiger partial charge in [0, 0.05) is 11.7 Å². The number of hydrogen-bond donors (Lipinski definition) is 4. The highest BCUT2D eigenvalue weighted by atomic mass is 32.2. The minimum Gasteiger partial charge on any atom is -0.327 e. The minimum atomic E-state index is -3.84. The van der Waals surface area contributed by atoms with E-state index in [-0.39, 0.29) is 17.6 Å². The van der Waals surface area contributed by atoms with Gasteiger partial charge in [-0.1, -0.05) is 12.5 Å². The van der Waals surface area contributed by atoms with E-state index in [2.05, 4.69) is 10.0 Å². The van der Waals surface area contributed by atoms with Crippen LogP contribution >= 0.6 is 0 Å². The molecule has 1 aromatic rings. The maximum Gasteiger partial charge on any atom is 0.296 e. The molecule has 6 N–H and O–H groups in total. The third kappa shape index (κ3) is 3.72. The second kappa shape index (κ2) is 5.63. The van der Waals surface area contributed by atoms with Crippen molar-refractivity contribution in [3.8, 4) is 0 Å². The fourth-order valence-electron chi connectivity index (χ4n) is 2.57. The molecule has 0 aliphatic heterocycles. The first-order valence-corrected chi connectivity index (χ1v) is 8.23. The van der Waals surface area contributed by atoms with Gasteiger partial charge in [0.15, 0.2) is 0 Å². The van der Waals surface area contributed by atoms with Crippen LogP contribution in [-0.2, 0) is 15.0 Å². The lowest BCUT2D eigenvalue weighted by atomic mass is 9.84. The maximum atomic E-state index is 12.4. The second-order valence-electron chi connectivity index (χ2n) is 5.60. The normalized spacial score (nSPS) is 25.6. The van der Waals surface area contributed by atoms with Crippen molar-refractivity contribution in [2.45, 2.75) is 32.2 Å². The Morgan fingerprint density at radius 3 is 2.62 bits per heavy atom. The maximum absolute atomic E-state index is 12.4. The third-order valence-corrected chi connectivity index (χ3v) is 4.45. The molecule has 0 heterocycles. The van der Waals surface area contributed by atoms with E-state index in [1.807, 2.05) is 6.92 Å². The number of benzene rings is 1. The van der Waals surface area contributed by atoms with E-state index < -0.39 is 15.6 Å². The van der Waals surface area contributed by atoms with Crippen LogP contribution in [0.5, 0.6) is 0 Å². The van der Waals surface area contributed by atoms with Crippen LogP contribution in [-0.4, -0.2) is 20.4 Å². The molecule has 0 aromatic heterocycles. The Kier molecular flexibility index (Phi) is 4.22. The Balaban J connectivity index is 2.13. The van der Waals surface area contributed by atoms with Crippen molar-refractivity contribution in [2.75, 3.05) is 10.0 Å². The highest BCUT2D eigenvalue weighted by Gasteiger charge is 2.42. The van der Waals surface area contributed by atoms with Gasteiger partial charge >= 0.3 is 0 Å². The zero-order valence-corrected chi connectivity index (χ0v) is 12.6. The van der Waals surface area contributed by atoms with Gasteiger partial charge in [-0.25, -0.2) is 5.14 Å². The molecular weight excluding hydrogens is 292 g/mol. The molecule has 1 saturated carbocycles. The van der Waals surface area contributed by atoms with E-state index in [1.165, 1.54) is 6.07 Å². The number of carbonyl (C=O) groups excluding carboxylic acids is 1. The van der Waals surface area contributed by atoms with Gasteiger partial charge in [0.25, 0.3) is 10.2 Å². The third-order valence-electron chi connectivity index (χ3n) is 3.93. The van der Waals surface area contributed by atoms with Gasteiger partial charge in [0.05, 0.1) is 11.1 Å². The average Bonchev–Trinajstić information content (AvgIpc) is 2.69. The molecule has 2 unspecified atom stereocenters. The molecule has 1 amide bonds. The predicted molar refractivity (Wildman–Crippen MR) is 81.7 cm³/mol. The molecule has 0 spiro atoms. The number of nitrogens with two attached hydrogens (primary N) is 2. The van der Waals surface area contributed by atoms with E-state index in [9.17, 15) is 13.2 Å². The number of hydrogen-bond acceptors (Lipinski definition) is 4. The molecule has 1 aliphatic rings. The van der Waals surface area contributed by atoms with Crippen LogP contribution in [0.25, 0.3) is 0 Å². The van der Waals surface area contributed by atoms with Crippen LogP contribution in [0.3, 0.4) is 0 Å². The van der Waals surface area contributed by atoms with Crippen molar-refractivity contribution in [1.82, 2.24) is 0 Å². The molecule has 21 heavy (non-hydrogen) atoms. The van der Waals surface area contributed by atoms with E-state index in [4.69, 9.17) is 10.9 Å². The highest BCUT2D eigenvalue weighted by Crippen LogP contribution is 2.37. The first-order chi connectivity index (χ1) is 9.71. The van der Waals surface area contributed by atoms with Gasteiger partial charge in [-0.3, -0.25) is 9.52 Å². The van der Waals surface area contributed by atoms with Crippen molar-refractivity contribution < 1.29 is 13.2 Å². The van der Waals surface area contributed by atoms with E-state index in [0.29, 0.717) is 5.69 Å². The Hall–Kier alpha value is -1.64. The number of amides is 1. The van der Waals surface area contributed by atoms with Crippen molar-refractivity contribution in [3.05, 3.63) is 24.3 Å². The summed E-state index contributed by atoms with van der Waals surface area (Å²) in [5.74, 6) is -0.153. The van der Waals surface area contributed by atoms with Crippen molar-refractivity contribution >= 4 is 27.5 Å². The molecule has 1 aliphatic carbocycles. The van der Waals surface area contributed by atoms with Gasteiger partial charge in [-0.15, -0.1) is 0 Å². The second-order valence-corrected chi connectivity index (χ2v) is 6.89. The summed E-state index contributed by atoms with van der Waals surface area (Å²) in [4.78, 5) is 12.4. The number of anilines is 2. The molecule has 8 heteroatoms. The molecule has 1 aromatic carbocycles. The molecule has 2 rings (SSSR count). The zero-order valence-electron chi connectivity index (χ0n) is 11.8. The van der Waals surface area contributed by atoms with Gasteiger partial charge < -0.3 is 11.1 Å². The topological polar surface area (TPSA) is 127 Å². The number of carbonyl (C=O) groups is 1. The van der Waals surface area contributed by atoms with Gasteiger partial charge in [0.2, 0.25) is 5.91 Å². The van der Waals surface area contributed by atoms with Crippen LogP contribution in [0, 0.1) is 5.41 Å². The number of rotatable bonds is 4. The molecule has 0 radical (unpaired) electrons. The summed E-state index contributed by atoms with van der Waals surface area (Å²) in [6.45, 7) is 1.85. The number of nitrogens with one attached hydrogen (secondary N) is 2. The Labute approximate surface area is 124 Å². The van der Waals surface area contributed by atoms with Crippen LogP contribution < -0.4 is 20.9 Å². The molecule has 0 saturated heterocycles. The quantitative estimate of drug-likeness (QED) is 0.654. The van der Waals surface area contributed by atoms with Crippen LogP contribution in [0.15, 0.2) is 24.3 Å². The van der Waals surface area contributed by atoms with Crippen molar-refractivity contribution in [1.29, 1.82) is 0 Å². The van der Waals surface area contributed by atoms with Gasteiger partial charge in [-0.05, 0) is 38.0 Å². The fraction of sp³-hybridized carbons (Fsp3) is 0.462. The van der Waals surface area contributed by atoms with E-state index in [1.54, 1.807) is 18.2 Å². The lowest BCUT2D eigenvalue weighted by Gasteiger charge is -2.27. The minimum absolute atomic E-state index is 0.153. The fourth-order valence-corrected chi connectivity index (χ4v) is 3.03. The van der Waals surface area contributed by atoms with Crippen LogP contribution in [0.1, 0.15) is 26.2 Å². The molecule has 116 valence electrons. The summed E-state index contributed by atoms with van der Waals surface area (Å²) in [6.07, 6.45) is 2.50. The Morgan fingerprint density at radius 1 is 1.38 bits per heavy atom. The SMILES string of the molecule is CC1(C(=O)Nc2cccc(NS(N)(=O)=O)c2)CCCC1N. The standard InChI is InChI=1S/C13H20N4O3S/c1-13(7-3-6-11(13)14)12(18)16-9-4-2-5-10(8-9)17-21(15,19)20/h2,4-5,8,11,17H,3,6-7,14H2,1H3,(H,16,18)(H2,15,19,20). The molecule has 2 atom stereocenters. The average molecular weight is 312 g/mol. The Morgan fingerprint density at radius 2 is 2.05 bits per heavy atom. The summed E-state index contributed by atoms with van der Waals surface area (Å²) in [5, 5.41) is 7.70. The summed E-state index contributed by atoms with van der Waals surface area (Å²) in [7, 11) is -3.84. The zero-order chi connectivity index (χ0) is 15.7. The summed E-state index contributed by atoms with van der Waals surface area (Å²) >= 11 is 0. The first kappa shape index (κ1) is 15.7. The molecule has 0 bridgehead atoms. The van der Waals surface area contributed by atoms with Gasteiger partial charge in [-0.2, -0.15) is 8.42 Å². The van der Waals surface area contributed by atoms with Crippen molar-refractivity contribution in [2.24, 2.45) is 16.3 Å². The van der Waals surface area contributed by atoms with Crippen LogP contribution in [0.4, 0.5) is 11.4 Å². The van der Waals surface area contributed by atoms with E-state index >= 15 is 0 Å². The lowest BCUT2D eigenvalue weighted by Crippen LogP contribution is -2.44. The molecule has 1 fully saturated rings. The smallest absolute Gasteiger partial charge is 0.296 e. The summed E-state index contributed by atoms with van der Waals surface area (Å²) in [5.41, 5.74) is 6.20. The molecule has 7 nitrogen and oxygen atoms in total. The summed E-state index contributed by atoms with van der Waals surface area (Å²) in [6, 6.07) is 6.19. The van der Waals surface area contributed by atoms with E-state index in [0.717, 1.165) is 19.3 Å². The first-order valence-electron chi connectivity index (χ1n) is 6.68.